The SMILES string of the molecule is O=C1CCC2=C1CCCCC1=C(/C=C/CCCCC/C=C/2)CCC1=O. The lowest BCUT2D eigenvalue weighted by Gasteiger charge is -2.06. The highest BCUT2D eigenvalue weighted by molar-refractivity contribution is 5.99. The molecule has 0 aliphatic heterocycles. The molecule has 0 saturated heterocycles. The second kappa shape index (κ2) is 9.12. The van der Waals surface area contributed by atoms with E-state index in [2.05, 4.69) is 24.3 Å². The first-order chi connectivity index (χ1) is 12.3. The zero-order valence-corrected chi connectivity index (χ0v) is 15.3. The third-order valence-corrected chi connectivity index (χ3v) is 5.67. The molecule has 2 heteroatoms. The molecule has 0 radical (unpaired) electrons. The Morgan fingerprint density at radius 2 is 1.00 bits per heavy atom. The van der Waals surface area contributed by atoms with E-state index < -0.39 is 0 Å². The Morgan fingerprint density at radius 1 is 0.520 bits per heavy atom. The molecular weight excluding hydrogens is 308 g/mol. The quantitative estimate of drug-likeness (QED) is 0.547. The van der Waals surface area contributed by atoms with Crippen molar-refractivity contribution in [2.45, 2.75) is 83.5 Å². The van der Waals surface area contributed by atoms with E-state index in [1.54, 1.807) is 0 Å². The molecule has 0 amide bonds. The summed E-state index contributed by atoms with van der Waals surface area (Å²) in [4.78, 5) is 24.3. The van der Waals surface area contributed by atoms with Crippen LogP contribution in [0.15, 0.2) is 46.6 Å². The van der Waals surface area contributed by atoms with Gasteiger partial charge >= 0.3 is 0 Å². The van der Waals surface area contributed by atoms with E-state index in [1.807, 2.05) is 0 Å². The van der Waals surface area contributed by atoms with Crippen molar-refractivity contribution in [2.75, 3.05) is 0 Å². The van der Waals surface area contributed by atoms with Crippen molar-refractivity contribution in [3.8, 4) is 0 Å². The maximum absolute atomic E-state index is 12.2. The molecule has 3 aliphatic rings. The van der Waals surface area contributed by atoms with Crippen LogP contribution in [-0.4, -0.2) is 11.6 Å². The summed E-state index contributed by atoms with van der Waals surface area (Å²) in [5, 5.41) is 0. The number of Topliss-reactive ketones (excluding diaryl/α,β-unsaturated/α-hetero) is 2. The van der Waals surface area contributed by atoms with Crippen LogP contribution in [0.3, 0.4) is 0 Å². The molecule has 0 fully saturated rings. The molecule has 0 aromatic heterocycles. The first-order valence-electron chi connectivity index (χ1n) is 10.1. The molecule has 3 rings (SSSR count). The lowest BCUT2D eigenvalue weighted by atomic mass is 9.99. The van der Waals surface area contributed by atoms with Crippen molar-refractivity contribution in [2.24, 2.45) is 0 Å². The third kappa shape index (κ3) is 4.90. The fourth-order valence-corrected chi connectivity index (χ4v) is 4.18. The van der Waals surface area contributed by atoms with Gasteiger partial charge in [-0.3, -0.25) is 9.59 Å². The Bertz CT molecular complexity index is 587. The molecule has 0 N–H and O–H groups in total. The zero-order chi connectivity index (χ0) is 17.5. The number of carbonyl (C=O) groups is 2. The van der Waals surface area contributed by atoms with Crippen LogP contribution < -0.4 is 0 Å². The van der Waals surface area contributed by atoms with Gasteiger partial charge in [-0.25, -0.2) is 0 Å². The van der Waals surface area contributed by atoms with E-state index in [0.717, 1.165) is 62.5 Å². The van der Waals surface area contributed by atoms with Gasteiger partial charge in [-0.2, -0.15) is 0 Å². The van der Waals surface area contributed by atoms with Crippen molar-refractivity contribution >= 4 is 11.6 Å². The topological polar surface area (TPSA) is 34.1 Å². The highest BCUT2D eigenvalue weighted by atomic mass is 16.1. The van der Waals surface area contributed by atoms with Crippen molar-refractivity contribution in [3.63, 3.8) is 0 Å². The van der Waals surface area contributed by atoms with Gasteiger partial charge in [-0.1, -0.05) is 30.7 Å². The summed E-state index contributed by atoms with van der Waals surface area (Å²) >= 11 is 0. The van der Waals surface area contributed by atoms with Crippen LogP contribution in [0.2, 0.25) is 0 Å². The van der Waals surface area contributed by atoms with Crippen LogP contribution in [0.4, 0.5) is 0 Å². The standard InChI is InChI=1S/C23H30O2/c24-22-16-14-18-10-6-4-2-1-3-5-7-11-19-15-17-23(25)21(19)13-9-8-12-20(18)22/h6-7,10-11H,1-5,8-9,12-17H2/b10-6+,11-7+. The zero-order valence-electron chi connectivity index (χ0n) is 15.3. The number of hydrogen-bond acceptors (Lipinski definition) is 2. The first kappa shape index (κ1) is 18.1. The summed E-state index contributed by atoms with van der Waals surface area (Å²) in [5.41, 5.74) is 4.67. The van der Waals surface area contributed by atoms with Crippen LogP contribution in [0, 0.1) is 0 Å². The lowest BCUT2D eigenvalue weighted by molar-refractivity contribution is -0.115. The van der Waals surface area contributed by atoms with Gasteiger partial charge in [0.05, 0.1) is 0 Å². The van der Waals surface area contributed by atoms with Gasteiger partial charge in [0.25, 0.3) is 0 Å². The largest absolute Gasteiger partial charge is 0.295 e. The predicted octanol–water partition coefficient (Wildman–Crippen LogP) is 5.94. The van der Waals surface area contributed by atoms with Crippen molar-refractivity contribution < 1.29 is 9.59 Å². The van der Waals surface area contributed by atoms with Crippen LogP contribution >= 0.6 is 0 Å². The Hall–Kier alpha value is -1.70. The summed E-state index contributed by atoms with van der Waals surface area (Å²) < 4.78 is 0. The highest BCUT2D eigenvalue weighted by Crippen LogP contribution is 2.31. The number of allylic oxidation sites excluding steroid dienone is 8. The van der Waals surface area contributed by atoms with E-state index in [9.17, 15) is 9.59 Å². The van der Waals surface area contributed by atoms with E-state index in [-0.39, 0.29) is 0 Å². The minimum Gasteiger partial charge on any atom is -0.295 e. The number of rotatable bonds is 0. The second-order valence-corrected chi connectivity index (χ2v) is 7.50. The summed E-state index contributed by atoms with van der Waals surface area (Å²) in [6.07, 6.45) is 21.8. The van der Waals surface area contributed by atoms with Crippen LogP contribution in [0.1, 0.15) is 83.5 Å². The predicted molar refractivity (Wildman–Crippen MR) is 102 cm³/mol. The highest BCUT2D eigenvalue weighted by Gasteiger charge is 2.22. The molecule has 0 bridgehead atoms. The van der Waals surface area contributed by atoms with E-state index in [4.69, 9.17) is 0 Å². The second-order valence-electron chi connectivity index (χ2n) is 7.50. The Kier molecular flexibility index (Phi) is 6.61. The van der Waals surface area contributed by atoms with Crippen molar-refractivity contribution in [1.29, 1.82) is 0 Å². The molecule has 0 unspecified atom stereocenters. The average Bonchev–Trinajstić information content (AvgIpc) is 3.13. The maximum atomic E-state index is 12.2. The maximum Gasteiger partial charge on any atom is 0.159 e. The van der Waals surface area contributed by atoms with Crippen LogP contribution in [-0.2, 0) is 9.59 Å². The van der Waals surface area contributed by atoms with Gasteiger partial charge in [-0.05, 0) is 86.5 Å². The van der Waals surface area contributed by atoms with E-state index in [1.165, 1.54) is 30.4 Å². The van der Waals surface area contributed by atoms with Gasteiger partial charge in [0.1, 0.15) is 0 Å². The van der Waals surface area contributed by atoms with Crippen LogP contribution in [0.5, 0.6) is 0 Å². The minimum atomic E-state index is 0.345. The Morgan fingerprint density at radius 3 is 1.48 bits per heavy atom. The fraction of sp³-hybridized carbons (Fsp3) is 0.565. The summed E-state index contributed by atoms with van der Waals surface area (Å²) in [6, 6.07) is 0. The molecular formula is C23H30O2. The van der Waals surface area contributed by atoms with E-state index in [0.29, 0.717) is 24.4 Å². The summed E-state index contributed by atoms with van der Waals surface area (Å²) in [6.45, 7) is 0. The molecule has 0 atom stereocenters. The monoisotopic (exact) mass is 338 g/mol. The van der Waals surface area contributed by atoms with Crippen molar-refractivity contribution in [3.05, 3.63) is 46.6 Å². The van der Waals surface area contributed by atoms with Crippen molar-refractivity contribution in [1.82, 2.24) is 0 Å². The minimum absolute atomic E-state index is 0.345. The molecule has 0 saturated carbocycles. The van der Waals surface area contributed by atoms with E-state index >= 15 is 0 Å². The molecule has 0 heterocycles. The molecule has 134 valence electrons. The van der Waals surface area contributed by atoms with Gasteiger partial charge in [0.2, 0.25) is 0 Å². The molecule has 0 aromatic carbocycles. The van der Waals surface area contributed by atoms with Crippen LogP contribution in [0.25, 0.3) is 0 Å². The first-order valence-corrected chi connectivity index (χ1v) is 10.1. The van der Waals surface area contributed by atoms with Gasteiger partial charge in [0, 0.05) is 12.8 Å². The van der Waals surface area contributed by atoms with Gasteiger partial charge < -0.3 is 0 Å². The molecule has 0 aromatic rings. The van der Waals surface area contributed by atoms with Gasteiger partial charge in [-0.15, -0.1) is 0 Å². The number of carbonyl (C=O) groups excluding carboxylic acids is 2. The van der Waals surface area contributed by atoms with Gasteiger partial charge in [0.15, 0.2) is 11.6 Å². The third-order valence-electron chi connectivity index (χ3n) is 5.67. The number of ketones is 2. The fourth-order valence-electron chi connectivity index (χ4n) is 4.18. The lowest BCUT2D eigenvalue weighted by Crippen LogP contribution is -1.99. The molecule has 3 aliphatic carbocycles. The molecule has 25 heavy (non-hydrogen) atoms. The average molecular weight is 338 g/mol. The molecule has 2 nitrogen and oxygen atoms in total. The normalized spacial score (nSPS) is 26.4. The number of hydrogen-bond donors (Lipinski definition) is 0. The summed E-state index contributed by atoms with van der Waals surface area (Å²) in [5.74, 6) is 0.690. The smallest absolute Gasteiger partial charge is 0.159 e. The summed E-state index contributed by atoms with van der Waals surface area (Å²) in [7, 11) is 0. The molecule has 0 spiro atoms. The Balaban J connectivity index is 1.70. The Labute approximate surface area is 151 Å².